The number of hydrogen-bond acceptors (Lipinski definition) is 5. The molecule has 1 aliphatic rings. The first-order valence-corrected chi connectivity index (χ1v) is 8.60. The predicted octanol–water partition coefficient (Wildman–Crippen LogP) is 2.82. The number of anilines is 2. The Morgan fingerprint density at radius 2 is 2.16 bits per heavy atom. The van der Waals surface area contributed by atoms with E-state index in [0.717, 1.165) is 24.2 Å². The molecule has 1 unspecified atom stereocenters. The van der Waals surface area contributed by atoms with Gasteiger partial charge in [0.25, 0.3) is 5.91 Å². The lowest BCUT2D eigenvalue weighted by Gasteiger charge is -2.22. The Balaban J connectivity index is 1.81. The van der Waals surface area contributed by atoms with Gasteiger partial charge in [0.05, 0.1) is 0 Å². The first kappa shape index (κ1) is 17.4. The van der Waals surface area contributed by atoms with Gasteiger partial charge in [-0.05, 0) is 44.4 Å². The number of para-hydroxylation sites is 1. The van der Waals surface area contributed by atoms with Crippen molar-refractivity contribution in [2.24, 2.45) is 0 Å². The Labute approximate surface area is 148 Å². The third-order valence-corrected chi connectivity index (χ3v) is 4.31. The quantitative estimate of drug-likeness (QED) is 0.819. The summed E-state index contributed by atoms with van der Waals surface area (Å²) in [5.41, 5.74) is 3.37. The number of aryl methyl sites for hydroxylation is 1. The molecule has 1 atom stereocenters. The first-order valence-electron chi connectivity index (χ1n) is 8.60. The van der Waals surface area contributed by atoms with Crippen molar-refractivity contribution in [3.63, 3.8) is 0 Å². The fourth-order valence-electron chi connectivity index (χ4n) is 3.17. The third-order valence-electron chi connectivity index (χ3n) is 4.31. The second-order valence-corrected chi connectivity index (χ2v) is 6.35. The number of nitrogens with zero attached hydrogens (tertiary/aromatic N) is 3. The van der Waals surface area contributed by atoms with Crippen LogP contribution in [0.1, 0.15) is 35.1 Å². The maximum absolute atomic E-state index is 13.1. The number of aromatic nitrogens is 2. The van der Waals surface area contributed by atoms with Crippen LogP contribution in [0, 0.1) is 6.92 Å². The van der Waals surface area contributed by atoms with Gasteiger partial charge in [-0.25, -0.2) is 9.97 Å². The Morgan fingerprint density at radius 3 is 2.96 bits per heavy atom. The van der Waals surface area contributed by atoms with E-state index in [0.29, 0.717) is 24.8 Å². The van der Waals surface area contributed by atoms with E-state index in [1.165, 1.54) is 5.56 Å². The summed E-state index contributed by atoms with van der Waals surface area (Å²) in [6.45, 7) is 5.32. The molecule has 6 nitrogen and oxygen atoms in total. The molecule has 1 amide bonds. The molecule has 1 aromatic carbocycles. The highest BCUT2D eigenvalue weighted by molar-refractivity contribution is 6.06. The van der Waals surface area contributed by atoms with Crippen LogP contribution in [-0.2, 0) is 11.2 Å². The number of hydrogen-bond donors (Lipinski definition) is 1. The molecule has 0 saturated heterocycles. The Hall–Kier alpha value is -2.47. The smallest absolute Gasteiger partial charge is 0.277 e. The predicted molar refractivity (Wildman–Crippen MR) is 98.2 cm³/mol. The second-order valence-electron chi connectivity index (χ2n) is 6.35. The van der Waals surface area contributed by atoms with Crippen LogP contribution < -0.4 is 10.2 Å². The first-order chi connectivity index (χ1) is 12.1. The number of fused-ring (bicyclic) bond motifs is 1. The molecule has 1 aromatic heterocycles. The molecule has 3 rings (SSSR count). The van der Waals surface area contributed by atoms with Gasteiger partial charge < -0.3 is 15.0 Å². The summed E-state index contributed by atoms with van der Waals surface area (Å²) in [6.07, 6.45) is 1.72. The number of ether oxygens (including phenoxy) is 1. The molecule has 2 aromatic rings. The summed E-state index contributed by atoms with van der Waals surface area (Å²) >= 11 is 0. The SMILES string of the molecule is COCCCNc1nc(C)cc(C(=O)N2c3ccccc3CC2C)n1. The number of benzene rings is 1. The van der Waals surface area contributed by atoms with Crippen LogP contribution in [0.2, 0.25) is 0 Å². The van der Waals surface area contributed by atoms with Crippen LogP contribution in [-0.4, -0.2) is 42.2 Å². The fraction of sp³-hybridized carbons (Fsp3) is 0.421. The van der Waals surface area contributed by atoms with Crippen LogP contribution in [0.4, 0.5) is 11.6 Å². The highest BCUT2D eigenvalue weighted by atomic mass is 16.5. The number of carbonyl (C=O) groups excluding carboxylic acids is 1. The summed E-state index contributed by atoms with van der Waals surface area (Å²) in [4.78, 5) is 23.7. The Kier molecular flexibility index (Phi) is 5.28. The number of rotatable bonds is 6. The van der Waals surface area contributed by atoms with E-state index in [2.05, 4.69) is 28.3 Å². The molecule has 0 spiro atoms. The monoisotopic (exact) mass is 340 g/mol. The summed E-state index contributed by atoms with van der Waals surface area (Å²) in [5.74, 6) is 0.405. The maximum atomic E-state index is 13.1. The van der Waals surface area contributed by atoms with E-state index in [-0.39, 0.29) is 11.9 Å². The van der Waals surface area contributed by atoms with Crippen LogP contribution in [0.25, 0.3) is 0 Å². The standard InChI is InChI=1S/C19H24N4O2/c1-13-11-16(22-19(21-13)20-9-6-10-25-3)18(24)23-14(2)12-15-7-4-5-8-17(15)23/h4-5,7-8,11,14H,6,9-10,12H2,1-3H3,(H,20,21,22). The molecule has 132 valence electrons. The minimum atomic E-state index is -0.0807. The van der Waals surface area contributed by atoms with Crippen molar-refractivity contribution in [1.29, 1.82) is 0 Å². The minimum absolute atomic E-state index is 0.0807. The van der Waals surface area contributed by atoms with Crippen molar-refractivity contribution in [2.45, 2.75) is 32.7 Å². The largest absolute Gasteiger partial charge is 0.385 e. The van der Waals surface area contributed by atoms with Crippen LogP contribution >= 0.6 is 0 Å². The zero-order valence-electron chi connectivity index (χ0n) is 15.0. The molecule has 0 radical (unpaired) electrons. The molecular formula is C19H24N4O2. The Bertz CT molecular complexity index is 763. The molecule has 0 bridgehead atoms. The summed E-state index contributed by atoms with van der Waals surface area (Å²) in [7, 11) is 1.68. The van der Waals surface area contributed by atoms with Crippen molar-refractivity contribution in [3.05, 3.63) is 47.3 Å². The lowest BCUT2D eigenvalue weighted by Crippen LogP contribution is -2.36. The maximum Gasteiger partial charge on any atom is 0.277 e. The van der Waals surface area contributed by atoms with E-state index in [4.69, 9.17) is 4.74 Å². The number of carbonyl (C=O) groups is 1. The van der Waals surface area contributed by atoms with Gasteiger partial charge in [-0.3, -0.25) is 4.79 Å². The van der Waals surface area contributed by atoms with Crippen molar-refractivity contribution in [3.8, 4) is 0 Å². The number of methoxy groups -OCH3 is 1. The molecule has 2 heterocycles. The normalized spacial score (nSPS) is 16.0. The summed E-state index contributed by atoms with van der Waals surface area (Å²) in [6, 6.07) is 9.91. The van der Waals surface area contributed by atoms with Gasteiger partial charge in [-0.15, -0.1) is 0 Å². The third kappa shape index (κ3) is 3.79. The number of nitrogens with one attached hydrogen (secondary N) is 1. The molecular weight excluding hydrogens is 316 g/mol. The second kappa shape index (κ2) is 7.61. The molecule has 1 aliphatic heterocycles. The molecule has 1 N–H and O–H groups in total. The zero-order valence-corrected chi connectivity index (χ0v) is 15.0. The van der Waals surface area contributed by atoms with E-state index < -0.39 is 0 Å². The van der Waals surface area contributed by atoms with Crippen molar-refractivity contribution >= 4 is 17.5 Å². The zero-order chi connectivity index (χ0) is 17.8. The van der Waals surface area contributed by atoms with Crippen LogP contribution in [0.15, 0.2) is 30.3 Å². The van der Waals surface area contributed by atoms with Crippen molar-refractivity contribution in [2.75, 3.05) is 30.5 Å². The average Bonchev–Trinajstić information content (AvgIpc) is 2.93. The van der Waals surface area contributed by atoms with Gasteiger partial charge in [0.2, 0.25) is 5.95 Å². The Morgan fingerprint density at radius 1 is 1.36 bits per heavy atom. The average molecular weight is 340 g/mol. The van der Waals surface area contributed by atoms with E-state index in [1.54, 1.807) is 13.2 Å². The van der Waals surface area contributed by atoms with Gasteiger partial charge in [0, 0.05) is 37.7 Å². The van der Waals surface area contributed by atoms with E-state index >= 15 is 0 Å². The van der Waals surface area contributed by atoms with Gasteiger partial charge in [0.1, 0.15) is 5.69 Å². The lowest BCUT2D eigenvalue weighted by molar-refractivity contribution is 0.0976. The summed E-state index contributed by atoms with van der Waals surface area (Å²) < 4.78 is 5.04. The van der Waals surface area contributed by atoms with Crippen molar-refractivity contribution < 1.29 is 9.53 Å². The van der Waals surface area contributed by atoms with Crippen molar-refractivity contribution in [1.82, 2.24) is 9.97 Å². The topological polar surface area (TPSA) is 67.3 Å². The molecule has 0 fully saturated rings. The molecule has 25 heavy (non-hydrogen) atoms. The highest BCUT2D eigenvalue weighted by Crippen LogP contribution is 2.32. The number of amides is 1. The molecule has 6 heteroatoms. The van der Waals surface area contributed by atoms with Gasteiger partial charge >= 0.3 is 0 Å². The highest BCUT2D eigenvalue weighted by Gasteiger charge is 2.32. The van der Waals surface area contributed by atoms with E-state index in [9.17, 15) is 4.79 Å². The van der Waals surface area contributed by atoms with Crippen LogP contribution in [0.5, 0.6) is 0 Å². The molecule has 0 aliphatic carbocycles. The lowest BCUT2D eigenvalue weighted by atomic mass is 10.1. The van der Waals surface area contributed by atoms with Gasteiger partial charge in [0.15, 0.2) is 0 Å². The van der Waals surface area contributed by atoms with E-state index in [1.807, 2.05) is 30.0 Å². The molecule has 0 saturated carbocycles. The van der Waals surface area contributed by atoms with Crippen LogP contribution in [0.3, 0.4) is 0 Å². The van der Waals surface area contributed by atoms with Gasteiger partial charge in [-0.2, -0.15) is 0 Å². The summed E-state index contributed by atoms with van der Waals surface area (Å²) in [5, 5.41) is 3.16. The van der Waals surface area contributed by atoms with Gasteiger partial charge in [-0.1, -0.05) is 18.2 Å². The minimum Gasteiger partial charge on any atom is -0.385 e. The fourth-order valence-corrected chi connectivity index (χ4v) is 3.17.